The van der Waals surface area contributed by atoms with Crippen LogP contribution in [0.25, 0.3) is 20.7 Å². The minimum Gasteiger partial charge on any atom is -0.322 e. The van der Waals surface area contributed by atoms with Crippen LogP contribution < -0.4 is 10.9 Å². The molecule has 7 heteroatoms. The van der Waals surface area contributed by atoms with Crippen LogP contribution in [0.4, 0.5) is 5.69 Å². The molecule has 0 spiro atoms. The molecule has 0 unspecified atom stereocenters. The van der Waals surface area contributed by atoms with Crippen LogP contribution in [-0.4, -0.2) is 21.2 Å². The van der Waals surface area contributed by atoms with Gasteiger partial charge in [0.15, 0.2) is 5.78 Å². The average molecular weight is 466 g/mol. The lowest BCUT2D eigenvalue weighted by Crippen LogP contribution is -2.24. The number of benzene rings is 3. The highest BCUT2D eigenvalue weighted by molar-refractivity contribution is 7.21. The van der Waals surface area contributed by atoms with Crippen molar-refractivity contribution in [3.8, 4) is 10.4 Å². The van der Waals surface area contributed by atoms with Gasteiger partial charge in [0, 0.05) is 21.7 Å². The topological polar surface area (TPSA) is 81.1 Å². The van der Waals surface area contributed by atoms with E-state index >= 15 is 0 Å². The molecule has 0 radical (unpaired) electrons. The molecule has 0 aliphatic rings. The summed E-state index contributed by atoms with van der Waals surface area (Å²) < 4.78 is 1.33. The van der Waals surface area contributed by atoms with Crippen molar-refractivity contribution >= 4 is 38.9 Å². The summed E-state index contributed by atoms with van der Waals surface area (Å²) in [6, 6.07) is 27.1. The molecule has 0 atom stereocenters. The number of amides is 1. The van der Waals surface area contributed by atoms with Crippen molar-refractivity contribution < 1.29 is 9.59 Å². The van der Waals surface area contributed by atoms with Gasteiger partial charge in [0.25, 0.3) is 11.5 Å². The molecule has 1 amide bonds. The van der Waals surface area contributed by atoms with Crippen molar-refractivity contribution in [3.05, 3.63) is 119 Å². The van der Waals surface area contributed by atoms with Gasteiger partial charge in [-0.1, -0.05) is 48.5 Å². The summed E-state index contributed by atoms with van der Waals surface area (Å²) in [5.41, 5.74) is 2.35. The van der Waals surface area contributed by atoms with E-state index in [1.165, 1.54) is 22.2 Å². The van der Waals surface area contributed by atoms with E-state index in [0.29, 0.717) is 27.0 Å². The van der Waals surface area contributed by atoms with Gasteiger partial charge in [-0.15, -0.1) is 11.3 Å². The number of ketones is 1. The molecule has 3 aromatic carbocycles. The summed E-state index contributed by atoms with van der Waals surface area (Å²) in [7, 11) is 0. The largest absolute Gasteiger partial charge is 0.322 e. The maximum Gasteiger partial charge on any atom is 0.262 e. The fourth-order valence-electron chi connectivity index (χ4n) is 3.60. The monoisotopic (exact) mass is 465 g/mol. The van der Waals surface area contributed by atoms with Crippen LogP contribution in [0, 0.1) is 0 Å². The number of thiophene rings is 1. The Morgan fingerprint density at radius 2 is 1.53 bits per heavy atom. The molecule has 0 saturated heterocycles. The predicted octanol–water partition coefficient (Wildman–Crippen LogP) is 5.26. The van der Waals surface area contributed by atoms with E-state index in [9.17, 15) is 14.4 Å². The molecule has 0 aliphatic carbocycles. The zero-order chi connectivity index (χ0) is 23.5. The Bertz CT molecular complexity index is 1540. The van der Waals surface area contributed by atoms with Crippen LogP contribution in [0.2, 0.25) is 0 Å². The molecule has 5 aromatic rings. The van der Waals surface area contributed by atoms with Crippen LogP contribution in [0.5, 0.6) is 0 Å². The molecule has 1 N–H and O–H groups in total. The van der Waals surface area contributed by atoms with Gasteiger partial charge in [-0.25, -0.2) is 4.98 Å². The number of hydrogen-bond acceptors (Lipinski definition) is 5. The van der Waals surface area contributed by atoms with Gasteiger partial charge in [-0.2, -0.15) is 0 Å². The lowest BCUT2D eigenvalue weighted by molar-refractivity contribution is 0.0970. The third-order valence-electron chi connectivity index (χ3n) is 5.39. The molecule has 2 heterocycles. The first-order valence-electron chi connectivity index (χ1n) is 10.6. The highest BCUT2D eigenvalue weighted by atomic mass is 32.1. The van der Waals surface area contributed by atoms with Crippen LogP contribution >= 0.6 is 11.3 Å². The maximum atomic E-state index is 13.0. The molecular weight excluding hydrogens is 446 g/mol. The van der Waals surface area contributed by atoms with Gasteiger partial charge in [0.1, 0.15) is 4.83 Å². The smallest absolute Gasteiger partial charge is 0.262 e. The Labute approximate surface area is 199 Å². The molecule has 0 bridgehead atoms. The molecular formula is C27H19N3O3S. The standard InChI is InChI=1S/C27H19N3O3S/c31-23(18-11-13-21(14-12-18)29-25(32)20-9-5-2-6-10-20)16-30-17-28-26-22(27(30)33)15-24(34-26)19-7-3-1-4-8-19/h1-15,17H,16H2,(H,29,32). The fraction of sp³-hybridized carbons (Fsp3) is 0.0370. The SMILES string of the molecule is O=C(Cn1cnc2sc(-c3ccccc3)cc2c1=O)c1ccc(NC(=O)c2ccccc2)cc1. The highest BCUT2D eigenvalue weighted by Gasteiger charge is 2.14. The van der Waals surface area contributed by atoms with E-state index in [1.54, 1.807) is 48.5 Å². The van der Waals surface area contributed by atoms with Gasteiger partial charge in [-0.05, 0) is 48.0 Å². The fourth-order valence-corrected chi connectivity index (χ4v) is 4.59. The third kappa shape index (κ3) is 4.42. The summed E-state index contributed by atoms with van der Waals surface area (Å²) in [5, 5.41) is 3.30. The summed E-state index contributed by atoms with van der Waals surface area (Å²) in [4.78, 5) is 44.1. The van der Waals surface area contributed by atoms with Crippen molar-refractivity contribution in [2.75, 3.05) is 5.32 Å². The Balaban J connectivity index is 1.32. The summed E-state index contributed by atoms with van der Waals surface area (Å²) >= 11 is 1.45. The minimum atomic E-state index is -0.247. The second kappa shape index (κ2) is 9.25. The number of anilines is 1. The number of fused-ring (bicyclic) bond motifs is 1. The van der Waals surface area contributed by atoms with Crippen molar-refractivity contribution in [2.45, 2.75) is 6.54 Å². The quantitative estimate of drug-likeness (QED) is 0.347. The molecule has 0 fully saturated rings. The van der Waals surface area contributed by atoms with Crippen molar-refractivity contribution in [1.29, 1.82) is 0 Å². The first-order valence-corrected chi connectivity index (χ1v) is 11.4. The Hall–Kier alpha value is -4.36. The van der Waals surface area contributed by atoms with E-state index in [0.717, 1.165) is 10.4 Å². The van der Waals surface area contributed by atoms with Gasteiger partial charge < -0.3 is 5.32 Å². The Morgan fingerprint density at radius 1 is 0.853 bits per heavy atom. The lowest BCUT2D eigenvalue weighted by Gasteiger charge is -2.07. The van der Waals surface area contributed by atoms with Gasteiger partial charge >= 0.3 is 0 Å². The van der Waals surface area contributed by atoms with E-state index in [1.807, 2.05) is 42.5 Å². The molecule has 6 nitrogen and oxygen atoms in total. The Kier molecular flexibility index (Phi) is 5.84. The Morgan fingerprint density at radius 3 is 2.24 bits per heavy atom. The number of Topliss-reactive ketones (excluding diaryl/α,β-unsaturated/α-hetero) is 1. The third-order valence-corrected chi connectivity index (χ3v) is 6.48. The van der Waals surface area contributed by atoms with Crippen LogP contribution in [0.1, 0.15) is 20.7 Å². The predicted molar refractivity (Wildman–Crippen MR) is 134 cm³/mol. The normalized spacial score (nSPS) is 10.8. The second-order valence-electron chi connectivity index (χ2n) is 7.69. The second-order valence-corrected chi connectivity index (χ2v) is 8.72. The number of aromatic nitrogens is 2. The number of nitrogens with zero attached hydrogens (tertiary/aromatic N) is 2. The molecule has 34 heavy (non-hydrogen) atoms. The van der Waals surface area contributed by atoms with Crippen LogP contribution in [0.3, 0.4) is 0 Å². The van der Waals surface area contributed by atoms with Crippen LogP contribution in [-0.2, 0) is 6.54 Å². The lowest BCUT2D eigenvalue weighted by atomic mass is 10.1. The first-order chi connectivity index (χ1) is 16.6. The summed E-state index contributed by atoms with van der Waals surface area (Å²) in [6.45, 7) is -0.117. The van der Waals surface area contributed by atoms with E-state index in [-0.39, 0.29) is 23.8 Å². The molecule has 0 aliphatic heterocycles. The molecule has 5 rings (SSSR count). The van der Waals surface area contributed by atoms with Gasteiger partial charge in [-0.3, -0.25) is 19.0 Å². The maximum absolute atomic E-state index is 13.0. The van der Waals surface area contributed by atoms with E-state index < -0.39 is 0 Å². The summed E-state index contributed by atoms with van der Waals surface area (Å²) in [5.74, 6) is -0.445. The minimum absolute atomic E-state index is 0.117. The zero-order valence-corrected chi connectivity index (χ0v) is 18.8. The van der Waals surface area contributed by atoms with Crippen LogP contribution in [0.15, 0.2) is 102 Å². The van der Waals surface area contributed by atoms with Crippen molar-refractivity contribution in [2.24, 2.45) is 0 Å². The van der Waals surface area contributed by atoms with Gasteiger partial charge in [0.05, 0.1) is 18.3 Å². The number of rotatable bonds is 6. The first kappa shape index (κ1) is 21.5. The number of carbonyl (C=O) groups excluding carboxylic acids is 2. The van der Waals surface area contributed by atoms with E-state index in [4.69, 9.17) is 0 Å². The number of hydrogen-bond donors (Lipinski definition) is 1. The summed E-state index contributed by atoms with van der Waals surface area (Å²) in [6.07, 6.45) is 1.42. The van der Waals surface area contributed by atoms with Gasteiger partial charge in [0.2, 0.25) is 0 Å². The number of carbonyl (C=O) groups is 2. The number of nitrogens with one attached hydrogen (secondary N) is 1. The van der Waals surface area contributed by atoms with E-state index in [2.05, 4.69) is 10.3 Å². The van der Waals surface area contributed by atoms with Crippen molar-refractivity contribution in [3.63, 3.8) is 0 Å². The molecule has 0 saturated carbocycles. The molecule has 2 aromatic heterocycles. The average Bonchev–Trinajstić information content (AvgIpc) is 3.32. The van der Waals surface area contributed by atoms with Crippen molar-refractivity contribution in [1.82, 2.24) is 9.55 Å². The highest BCUT2D eigenvalue weighted by Crippen LogP contribution is 2.30. The molecule has 166 valence electrons. The zero-order valence-electron chi connectivity index (χ0n) is 18.0.